The molecule has 1 N–H and O–H groups in total. The van der Waals surface area contributed by atoms with E-state index in [1.807, 2.05) is 18.3 Å². The predicted molar refractivity (Wildman–Crippen MR) is 124 cm³/mol. The molecule has 2 aromatic rings. The largest absolute Gasteiger partial charge is 0.493 e. The molecule has 8 heteroatoms. The number of likely N-dealkylation sites (tertiary alicyclic amines) is 1. The summed E-state index contributed by atoms with van der Waals surface area (Å²) in [5, 5.41) is 7.51. The van der Waals surface area contributed by atoms with Crippen molar-refractivity contribution in [2.75, 3.05) is 60.7 Å². The Labute approximate surface area is 190 Å². The zero-order valence-corrected chi connectivity index (χ0v) is 19.7. The lowest BCUT2D eigenvalue weighted by Gasteiger charge is -2.41. The molecule has 0 unspecified atom stereocenters. The molecule has 0 aliphatic carbocycles. The normalized spacial score (nSPS) is 19.6. The number of methoxy groups -OCH3 is 3. The predicted octanol–water partition coefficient (Wildman–Crippen LogP) is 3.04. The van der Waals surface area contributed by atoms with Gasteiger partial charge in [-0.25, -0.2) is 0 Å². The van der Waals surface area contributed by atoms with Crippen LogP contribution in [0.2, 0.25) is 0 Å². The maximum absolute atomic E-state index is 5.53. The van der Waals surface area contributed by atoms with Crippen LogP contribution in [0, 0.1) is 5.92 Å². The number of benzene rings is 1. The quantitative estimate of drug-likeness (QED) is 0.671. The minimum atomic E-state index is 0.594. The number of nitrogens with one attached hydrogen (secondary N) is 1. The number of hydrogen-bond donors (Lipinski definition) is 1. The lowest BCUT2D eigenvalue weighted by atomic mass is 9.89. The van der Waals surface area contributed by atoms with E-state index in [2.05, 4.69) is 26.9 Å². The molecule has 0 amide bonds. The number of ether oxygens (including phenoxy) is 4. The van der Waals surface area contributed by atoms with Crippen molar-refractivity contribution < 1.29 is 18.9 Å². The standard InChI is InChI=1S/C24H36N4O4/c1-17(28-9-11-32-12-10-28)18-5-7-27(8-6-18)16-20-15-25-26-23(20)19-13-21(29-2)24(31-4)22(14-19)30-3/h13-15,17-18H,5-12,16H2,1-4H3,(H,25,26)/t17-/m1/s1. The van der Waals surface area contributed by atoms with Gasteiger partial charge in [-0.05, 0) is 50.9 Å². The fraction of sp³-hybridized carbons (Fsp3) is 0.625. The van der Waals surface area contributed by atoms with Crippen LogP contribution in [-0.4, -0.2) is 86.8 Å². The lowest BCUT2D eigenvalue weighted by Crippen LogP contribution is -2.48. The van der Waals surface area contributed by atoms with Gasteiger partial charge in [0, 0.05) is 36.8 Å². The van der Waals surface area contributed by atoms with Crippen molar-refractivity contribution in [2.45, 2.75) is 32.4 Å². The summed E-state index contributed by atoms with van der Waals surface area (Å²) in [4.78, 5) is 5.14. The molecule has 2 fully saturated rings. The second kappa shape index (κ2) is 10.6. The van der Waals surface area contributed by atoms with Gasteiger partial charge in [-0.1, -0.05) is 0 Å². The molecule has 2 aliphatic rings. The van der Waals surface area contributed by atoms with Crippen molar-refractivity contribution >= 4 is 0 Å². The van der Waals surface area contributed by atoms with E-state index in [0.29, 0.717) is 23.3 Å². The van der Waals surface area contributed by atoms with Gasteiger partial charge in [0.25, 0.3) is 0 Å². The minimum Gasteiger partial charge on any atom is -0.493 e. The van der Waals surface area contributed by atoms with Crippen LogP contribution in [0.5, 0.6) is 17.2 Å². The van der Waals surface area contributed by atoms with E-state index >= 15 is 0 Å². The van der Waals surface area contributed by atoms with Crippen molar-refractivity contribution in [2.24, 2.45) is 5.92 Å². The van der Waals surface area contributed by atoms with Gasteiger partial charge < -0.3 is 18.9 Å². The van der Waals surface area contributed by atoms with Crippen LogP contribution in [0.15, 0.2) is 18.3 Å². The summed E-state index contributed by atoms with van der Waals surface area (Å²) < 4.78 is 22.0. The molecule has 3 heterocycles. The fourth-order valence-electron chi connectivity index (χ4n) is 5.02. The van der Waals surface area contributed by atoms with Gasteiger partial charge >= 0.3 is 0 Å². The molecule has 32 heavy (non-hydrogen) atoms. The summed E-state index contributed by atoms with van der Waals surface area (Å²) in [5.41, 5.74) is 3.15. The maximum atomic E-state index is 5.53. The zero-order valence-electron chi connectivity index (χ0n) is 19.7. The van der Waals surface area contributed by atoms with E-state index in [9.17, 15) is 0 Å². The van der Waals surface area contributed by atoms with Crippen molar-refractivity contribution in [1.82, 2.24) is 20.0 Å². The maximum Gasteiger partial charge on any atom is 0.203 e. The van der Waals surface area contributed by atoms with Gasteiger partial charge in [-0.2, -0.15) is 5.10 Å². The molecule has 4 rings (SSSR count). The first kappa shape index (κ1) is 22.9. The van der Waals surface area contributed by atoms with Crippen LogP contribution in [0.25, 0.3) is 11.3 Å². The number of rotatable bonds is 8. The third-order valence-electron chi connectivity index (χ3n) is 7.00. The topological polar surface area (TPSA) is 72.1 Å². The Bertz CT molecular complexity index is 848. The molecule has 1 aromatic carbocycles. The molecule has 0 spiro atoms. The molecule has 1 atom stereocenters. The van der Waals surface area contributed by atoms with Crippen molar-refractivity contribution in [3.05, 3.63) is 23.9 Å². The van der Waals surface area contributed by atoms with Crippen molar-refractivity contribution in [1.29, 1.82) is 0 Å². The van der Waals surface area contributed by atoms with E-state index in [-0.39, 0.29) is 0 Å². The Morgan fingerprint density at radius 3 is 2.28 bits per heavy atom. The first-order chi connectivity index (χ1) is 15.6. The highest BCUT2D eigenvalue weighted by molar-refractivity contribution is 5.70. The molecule has 0 bridgehead atoms. The summed E-state index contributed by atoms with van der Waals surface area (Å²) in [5.74, 6) is 2.63. The third-order valence-corrected chi connectivity index (χ3v) is 7.00. The molecule has 0 saturated carbocycles. The number of aromatic amines is 1. The zero-order chi connectivity index (χ0) is 22.5. The molecule has 0 radical (unpaired) electrons. The SMILES string of the molecule is COc1cc(-c2[nH]ncc2CN2CCC([C@@H](C)N3CCOCC3)CC2)cc(OC)c1OC. The van der Waals surface area contributed by atoms with Crippen LogP contribution in [0.4, 0.5) is 0 Å². The Morgan fingerprint density at radius 1 is 1.03 bits per heavy atom. The average Bonchev–Trinajstić information content (AvgIpc) is 3.31. The van der Waals surface area contributed by atoms with E-state index < -0.39 is 0 Å². The monoisotopic (exact) mass is 444 g/mol. The fourth-order valence-corrected chi connectivity index (χ4v) is 5.02. The smallest absolute Gasteiger partial charge is 0.203 e. The summed E-state index contributed by atoms with van der Waals surface area (Å²) >= 11 is 0. The average molecular weight is 445 g/mol. The van der Waals surface area contributed by atoms with Gasteiger partial charge in [-0.3, -0.25) is 14.9 Å². The summed E-state index contributed by atoms with van der Waals surface area (Å²) in [6.07, 6.45) is 4.40. The molecule has 176 valence electrons. The number of aromatic nitrogens is 2. The molecular weight excluding hydrogens is 408 g/mol. The summed E-state index contributed by atoms with van der Waals surface area (Å²) in [6.45, 7) is 9.35. The second-order valence-corrected chi connectivity index (χ2v) is 8.69. The molecular formula is C24H36N4O4. The highest BCUT2D eigenvalue weighted by Crippen LogP contribution is 2.41. The second-order valence-electron chi connectivity index (χ2n) is 8.69. The third kappa shape index (κ3) is 4.87. The Kier molecular flexibility index (Phi) is 7.55. The van der Waals surface area contributed by atoms with E-state index in [1.54, 1.807) is 21.3 Å². The number of morpholine rings is 1. The number of piperidine rings is 1. The molecule has 1 aromatic heterocycles. The van der Waals surface area contributed by atoms with Crippen LogP contribution in [0.3, 0.4) is 0 Å². The van der Waals surface area contributed by atoms with Crippen LogP contribution < -0.4 is 14.2 Å². The molecule has 2 aliphatic heterocycles. The van der Waals surface area contributed by atoms with Crippen LogP contribution >= 0.6 is 0 Å². The minimum absolute atomic E-state index is 0.594. The first-order valence-corrected chi connectivity index (χ1v) is 11.5. The lowest BCUT2D eigenvalue weighted by molar-refractivity contribution is -0.00191. The first-order valence-electron chi connectivity index (χ1n) is 11.5. The van der Waals surface area contributed by atoms with Gasteiger partial charge in [-0.15, -0.1) is 0 Å². The highest BCUT2D eigenvalue weighted by atomic mass is 16.5. The van der Waals surface area contributed by atoms with Crippen LogP contribution in [0.1, 0.15) is 25.3 Å². The van der Waals surface area contributed by atoms with Gasteiger partial charge in [0.1, 0.15) is 0 Å². The van der Waals surface area contributed by atoms with E-state index in [4.69, 9.17) is 18.9 Å². The number of nitrogens with zero attached hydrogens (tertiary/aromatic N) is 3. The summed E-state index contributed by atoms with van der Waals surface area (Å²) in [6, 6.07) is 4.56. The number of hydrogen-bond acceptors (Lipinski definition) is 7. The Morgan fingerprint density at radius 2 is 1.69 bits per heavy atom. The molecule has 2 saturated heterocycles. The highest BCUT2D eigenvalue weighted by Gasteiger charge is 2.29. The molecule has 8 nitrogen and oxygen atoms in total. The number of H-pyrrole nitrogens is 1. The van der Waals surface area contributed by atoms with Gasteiger partial charge in [0.2, 0.25) is 5.75 Å². The van der Waals surface area contributed by atoms with E-state index in [1.165, 1.54) is 18.4 Å². The van der Waals surface area contributed by atoms with Crippen molar-refractivity contribution in [3.8, 4) is 28.5 Å². The van der Waals surface area contributed by atoms with E-state index in [0.717, 1.165) is 63.1 Å². The van der Waals surface area contributed by atoms with Crippen LogP contribution in [-0.2, 0) is 11.3 Å². The van der Waals surface area contributed by atoms with Crippen molar-refractivity contribution in [3.63, 3.8) is 0 Å². The van der Waals surface area contributed by atoms with Gasteiger partial charge in [0.15, 0.2) is 11.5 Å². The Balaban J connectivity index is 1.42. The van der Waals surface area contributed by atoms with Gasteiger partial charge in [0.05, 0.1) is 46.4 Å². The Hall–Kier alpha value is -2.29. The summed E-state index contributed by atoms with van der Waals surface area (Å²) in [7, 11) is 4.89.